The summed E-state index contributed by atoms with van der Waals surface area (Å²) in [6.45, 7) is 0. The normalized spacial score (nSPS) is 13.0. The van der Waals surface area contributed by atoms with Crippen molar-refractivity contribution in [2.75, 3.05) is 5.32 Å². The highest BCUT2D eigenvalue weighted by molar-refractivity contribution is 7.91. The number of benzene rings is 1. The van der Waals surface area contributed by atoms with Crippen molar-refractivity contribution in [3.05, 3.63) is 24.3 Å². The quantitative estimate of drug-likeness (QED) is 0.669. The van der Waals surface area contributed by atoms with Gasteiger partial charge in [-0.25, -0.2) is 8.42 Å². The van der Waals surface area contributed by atoms with Crippen molar-refractivity contribution >= 4 is 27.3 Å². The van der Waals surface area contributed by atoms with Crippen LogP contribution in [0.3, 0.4) is 0 Å². The standard InChI is InChI=1S/C11H13F2N3O4S/c12-11(13)21(19,20)8-4-2-1-3-7(8)16-10(18)6(14)5-9(15)17/h1-4,6,11H,5,14H2,(H2,15,17)(H,16,18). The first-order chi connectivity index (χ1) is 9.66. The zero-order valence-corrected chi connectivity index (χ0v) is 11.4. The third-order valence-corrected chi connectivity index (χ3v) is 3.88. The Hall–Kier alpha value is -2.07. The predicted octanol–water partition coefficient (Wildman–Crippen LogP) is -0.176. The number of anilines is 1. The average Bonchev–Trinajstić information content (AvgIpc) is 2.38. The molecule has 1 aromatic carbocycles. The van der Waals surface area contributed by atoms with Gasteiger partial charge in [-0.05, 0) is 12.1 Å². The molecule has 10 heteroatoms. The highest BCUT2D eigenvalue weighted by atomic mass is 32.2. The van der Waals surface area contributed by atoms with Gasteiger partial charge in [-0.2, -0.15) is 8.78 Å². The number of alkyl halides is 2. The first-order valence-electron chi connectivity index (χ1n) is 5.62. The molecule has 0 fully saturated rings. The van der Waals surface area contributed by atoms with Gasteiger partial charge in [0, 0.05) is 0 Å². The minimum absolute atomic E-state index is 0.345. The molecule has 0 aliphatic heterocycles. The van der Waals surface area contributed by atoms with Crippen LogP contribution in [0.4, 0.5) is 14.5 Å². The number of hydrogen-bond donors (Lipinski definition) is 3. The lowest BCUT2D eigenvalue weighted by Crippen LogP contribution is -2.39. The second kappa shape index (κ2) is 6.59. The topological polar surface area (TPSA) is 132 Å². The largest absolute Gasteiger partial charge is 0.370 e. The molecule has 2 amide bonds. The number of nitrogens with one attached hydrogen (secondary N) is 1. The Labute approximate surface area is 119 Å². The number of halogens is 2. The minimum atomic E-state index is -4.88. The van der Waals surface area contributed by atoms with Gasteiger partial charge >= 0.3 is 5.76 Å². The van der Waals surface area contributed by atoms with Gasteiger partial charge < -0.3 is 16.8 Å². The van der Waals surface area contributed by atoms with Crippen LogP contribution >= 0.6 is 0 Å². The van der Waals surface area contributed by atoms with E-state index in [1.165, 1.54) is 12.1 Å². The second-order valence-electron chi connectivity index (χ2n) is 4.07. The molecule has 1 rings (SSSR count). The van der Waals surface area contributed by atoms with Crippen molar-refractivity contribution in [3.63, 3.8) is 0 Å². The SMILES string of the molecule is NC(=O)CC(N)C(=O)Nc1ccccc1S(=O)(=O)C(F)F. The first kappa shape index (κ1) is 17.0. The summed E-state index contributed by atoms with van der Waals surface area (Å²) in [6, 6.07) is 3.32. The van der Waals surface area contributed by atoms with Gasteiger partial charge in [-0.1, -0.05) is 12.1 Å². The predicted molar refractivity (Wildman–Crippen MR) is 70.0 cm³/mol. The minimum Gasteiger partial charge on any atom is -0.370 e. The van der Waals surface area contributed by atoms with E-state index in [-0.39, 0.29) is 5.69 Å². The number of amides is 2. The number of hydrogen-bond acceptors (Lipinski definition) is 5. The molecule has 0 aliphatic rings. The maximum Gasteiger partial charge on any atom is 0.341 e. The van der Waals surface area contributed by atoms with Gasteiger partial charge in [-0.15, -0.1) is 0 Å². The zero-order chi connectivity index (χ0) is 16.2. The Kier molecular flexibility index (Phi) is 5.33. The summed E-state index contributed by atoms with van der Waals surface area (Å²) in [5, 5.41) is 2.09. The number of rotatable bonds is 6. The third-order valence-electron chi connectivity index (χ3n) is 2.44. The van der Waals surface area contributed by atoms with E-state index in [4.69, 9.17) is 11.5 Å². The van der Waals surface area contributed by atoms with Gasteiger partial charge in [0.2, 0.25) is 21.7 Å². The molecule has 7 nitrogen and oxygen atoms in total. The van der Waals surface area contributed by atoms with E-state index in [1.54, 1.807) is 0 Å². The fourth-order valence-corrected chi connectivity index (χ4v) is 2.33. The summed E-state index contributed by atoms with van der Waals surface area (Å²) in [4.78, 5) is 21.6. The molecule has 21 heavy (non-hydrogen) atoms. The summed E-state index contributed by atoms with van der Waals surface area (Å²) < 4.78 is 48.1. The van der Waals surface area contributed by atoms with Crippen LogP contribution in [-0.4, -0.2) is 32.0 Å². The van der Waals surface area contributed by atoms with Crippen LogP contribution in [0.5, 0.6) is 0 Å². The number of carbonyl (C=O) groups is 2. The van der Waals surface area contributed by atoms with Crippen molar-refractivity contribution < 1.29 is 26.8 Å². The molecular formula is C11H13F2N3O4S. The highest BCUT2D eigenvalue weighted by Gasteiger charge is 2.30. The molecule has 0 saturated heterocycles. The average molecular weight is 321 g/mol. The Balaban J connectivity index is 3.06. The van der Waals surface area contributed by atoms with Crippen LogP contribution in [0.25, 0.3) is 0 Å². The van der Waals surface area contributed by atoms with E-state index >= 15 is 0 Å². The molecule has 0 radical (unpaired) electrons. The van der Waals surface area contributed by atoms with Crippen LogP contribution in [-0.2, 0) is 19.4 Å². The Morgan fingerprint density at radius 3 is 2.33 bits per heavy atom. The van der Waals surface area contributed by atoms with Crippen LogP contribution < -0.4 is 16.8 Å². The van der Waals surface area contributed by atoms with E-state index in [2.05, 4.69) is 5.32 Å². The maximum absolute atomic E-state index is 12.6. The number of sulfone groups is 1. The number of nitrogens with two attached hydrogens (primary N) is 2. The molecule has 0 bridgehead atoms. The summed E-state index contributed by atoms with van der Waals surface area (Å²) >= 11 is 0. The maximum atomic E-state index is 12.6. The Morgan fingerprint density at radius 1 is 1.24 bits per heavy atom. The van der Waals surface area contributed by atoms with Crippen molar-refractivity contribution in [3.8, 4) is 0 Å². The smallest absolute Gasteiger partial charge is 0.341 e. The lowest BCUT2D eigenvalue weighted by molar-refractivity contribution is -0.123. The molecule has 0 aromatic heterocycles. The monoisotopic (exact) mass is 321 g/mol. The summed E-state index contributed by atoms with van der Waals surface area (Å²) in [5.41, 5.74) is 9.90. The van der Waals surface area contributed by atoms with Gasteiger partial charge in [0.15, 0.2) is 0 Å². The second-order valence-corrected chi connectivity index (χ2v) is 5.95. The zero-order valence-electron chi connectivity index (χ0n) is 10.6. The van der Waals surface area contributed by atoms with E-state index < -0.39 is 44.8 Å². The van der Waals surface area contributed by atoms with Gasteiger partial charge in [-0.3, -0.25) is 9.59 Å². The molecule has 0 saturated carbocycles. The molecule has 116 valence electrons. The highest BCUT2D eigenvalue weighted by Crippen LogP contribution is 2.26. The van der Waals surface area contributed by atoms with Crippen LogP contribution in [0.2, 0.25) is 0 Å². The molecule has 1 aromatic rings. The van der Waals surface area contributed by atoms with Gasteiger partial charge in [0.1, 0.15) is 0 Å². The molecular weight excluding hydrogens is 308 g/mol. The van der Waals surface area contributed by atoms with E-state index in [1.807, 2.05) is 0 Å². The number of primary amides is 1. The summed E-state index contributed by atoms with van der Waals surface area (Å²) in [5.74, 6) is -5.37. The molecule has 0 heterocycles. The van der Waals surface area contributed by atoms with Gasteiger partial charge in [0.05, 0.1) is 23.0 Å². The third kappa shape index (κ3) is 4.20. The number of para-hydroxylation sites is 1. The van der Waals surface area contributed by atoms with E-state index in [0.29, 0.717) is 0 Å². The molecule has 5 N–H and O–H groups in total. The van der Waals surface area contributed by atoms with Crippen molar-refractivity contribution in [2.45, 2.75) is 23.1 Å². The molecule has 0 spiro atoms. The van der Waals surface area contributed by atoms with E-state index in [9.17, 15) is 26.8 Å². The van der Waals surface area contributed by atoms with Crippen molar-refractivity contribution in [1.82, 2.24) is 0 Å². The fraction of sp³-hybridized carbons (Fsp3) is 0.273. The van der Waals surface area contributed by atoms with Gasteiger partial charge in [0.25, 0.3) is 0 Å². The Morgan fingerprint density at radius 2 is 1.81 bits per heavy atom. The molecule has 1 atom stereocenters. The van der Waals surface area contributed by atoms with Crippen molar-refractivity contribution in [2.24, 2.45) is 11.5 Å². The van der Waals surface area contributed by atoms with Crippen LogP contribution in [0, 0.1) is 0 Å². The lowest BCUT2D eigenvalue weighted by atomic mass is 10.2. The Bertz CT molecular complexity index is 649. The van der Waals surface area contributed by atoms with Crippen LogP contribution in [0.15, 0.2) is 29.2 Å². The number of carbonyl (C=O) groups excluding carboxylic acids is 2. The molecule has 1 unspecified atom stereocenters. The van der Waals surface area contributed by atoms with Crippen molar-refractivity contribution in [1.29, 1.82) is 0 Å². The summed E-state index contributed by atoms with van der Waals surface area (Å²) in [7, 11) is -4.88. The lowest BCUT2D eigenvalue weighted by Gasteiger charge is -2.14. The first-order valence-corrected chi connectivity index (χ1v) is 7.16. The summed E-state index contributed by atoms with van der Waals surface area (Å²) in [6.07, 6.45) is -0.463. The van der Waals surface area contributed by atoms with E-state index in [0.717, 1.165) is 12.1 Å². The molecule has 0 aliphatic carbocycles. The fourth-order valence-electron chi connectivity index (χ4n) is 1.45. The van der Waals surface area contributed by atoms with Crippen LogP contribution in [0.1, 0.15) is 6.42 Å².